The van der Waals surface area contributed by atoms with Gasteiger partial charge >= 0.3 is 0 Å². The summed E-state index contributed by atoms with van der Waals surface area (Å²) in [5.74, 6) is -0.0551. The number of aromatic nitrogens is 2. The highest BCUT2D eigenvalue weighted by atomic mass is 16.2. The van der Waals surface area contributed by atoms with Gasteiger partial charge in [0.05, 0.1) is 17.4 Å². The number of carbonyl (C=O) groups is 2. The van der Waals surface area contributed by atoms with Crippen molar-refractivity contribution < 1.29 is 9.59 Å². The number of anilines is 1. The van der Waals surface area contributed by atoms with Crippen molar-refractivity contribution in [2.45, 2.75) is 57.2 Å². The van der Waals surface area contributed by atoms with Crippen LogP contribution in [0.1, 0.15) is 39.0 Å². The summed E-state index contributed by atoms with van der Waals surface area (Å²) in [7, 11) is 0. The number of amides is 2. The predicted molar refractivity (Wildman–Crippen MR) is 82.3 cm³/mol. The van der Waals surface area contributed by atoms with E-state index in [2.05, 4.69) is 21.0 Å². The normalized spacial score (nSPS) is 24.2. The maximum Gasteiger partial charge on any atom is 0.244 e. The van der Waals surface area contributed by atoms with Gasteiger partial charge in [-0.15, -0.1) is 0 Å². The Labute approximate surface area is 129 Å². The monoisotopic (exact) mass is 305 g/mol. The largest absolute Gasteiger partial charge is 0.352 e. The maximum absolute atomic E-state index is 12.5. The number of nitrogens with zero attached hydrogens (tertiary/aromatic N) is 2. The van der Waals surface area contributed by atoms with Crippen molar-refractivity contribution in [2.75, 3.05) is 11.9 Å². The van der Waals surface area contributed by atoms with E-state index in [1.54, 1.807) is 17.1 Å². The molecule has 0 aromatic carbocycles. The van der Waals surface area contributed by atoms with Gasteiger partial charge in [0.1, 0.15) is 6.54 Å². The lowest BCUT2D eigenvalue weighted by Gasteiger charge is -2.26. The van der Waals surface area contributed by atoms with Crippen molar-refractivity contribution in [1.29, 1.82) is 0 Å². The molecular weight excluding hydrogens is 282 g/mol. The summed E-state index contributed by atoms with van der Waals surface area (Å²) >= 11 is 0. The highest BCUT2D eigenvalue weighted by Gasteiger charge is 2.39. The molecule has 7 nitrogen and oxygen atoms in total. The average molecular weight is 305 g/mol. The second kappa shape index (κ2) is 6.08. The fourth-order valence-corrected chi connectivity index (χ4v) is 2.88. The van der Waals surface area contributed by atoms with Crippen LogP contribution in [0.15, 0.2) is 12.4 Å². The average Bonchev–Trinajstić information content (AvgIpc) is 3.01. The van der Waals surface area contributed by atoms with E-state index in [9.17, 15) is 9.59 Å². The highest BCUT2D eigenvalue weighted by Crippen LogP contribution is 2.24. The topological polar surface area (TPSA) is 88.0 Å². The van der Waals surface area contributed by atoms with Gasteiger partial charge < -0.3 is 16.0 Å². The van der Waals surface area contributed by atoms with E-state index >= 15 is 0 Å². The molecule has 1 aliphatic carbocycles. The Morgan fingerprint density at radius 3 is 2.95 bits per heavy atom. The molecule has 1 saturated heterocycles. The molecule has 1 aliphatic heterocycles. The van der Waals surface area contributed by atoms with E-state index in [4.69, 9.17) is 0 Å². The van der Waals surface area contributed by atoms with E-state index in [0.717, 1.165) is 38.6 Å². The fourth-order valence-electron chi connectivity index (χ4n) is 2.88. The minimum Gasteiger partial charge on any atom is -0.352 e. The van der Waals surface area contributed by atoms with Crippen LogP contribution in [0, 0.1) is 0 Å². The van der Waals surface area contributed by atoms with Gasteiger partial charge in [-0.1, -0.05) is 6.92 Å². The summed E-state index contributed by atoms with van der Waals surface area (Å²) in [6.45, 7) is 3.08. The lowest BCUT2D eigenvalue weighted by atomic mass is 9.93. The minimum absolute atomic E-state index is 0.0190. The molecule has 1 saturated carbocycles. The Hall–Kier alpha value is -1.89. The fraction of sp³-hybridized carbons (Fsp3) is 0.667. The second-order valence-corrected chi connectivity index (χ2v) is 6.19. The number of hydrogen-bond donors (Lipinski definition) is 3. The van der Waals surface area contributed by atoms with Crippen LogP contribution in [0.3, 0.4) is 0 Å². The summed E-state index contributed by atoms with van der Waals surface area (Å²) in [6, 6.07) is 0.347. The van der Waals surface area contributed by atoms with E-state index in [0.29, 0.717) is 11.7 Å². The van der Waals surface area contributed by atoms with Gasteiger partial charge in [0.25, 0.3) is 0 Å². The predicted octanol–water partition coefficient (Wildman–Crippen LogP) is 0.632. The second-order valence-electron chi connectivity index (χ2n) is 6.19. The zero-order chi connectivity index (χ0) is 15.6. The first-order valence-electron chi connectivity index (χ1n) is 7.99. The van der Waals surface area contributed by atoms with Crippen LogP contribution in [0.5, 0.6) is 0 Å². The van der Waals surface area contributed by atoms with Crippen LogP contribution >= 0.6 is 0 Å². The third-order valence-electron chi connectivity index (χ3n) is 4.42. The molecule has 1 atom stereocenters. The van der Waals surface area contributed by atoms with E-state index in [1.165, 1.54) is 0 Å². The zero-order valence-electron chi connectivity index (χ0n) is 12.9. The molecule has 0 bridgehead atoms. The smallest absolute Gasteiger partial charge is 0.244 e. The lowest BCUT2D eigenvalue weighted by molar-refractivity contribution is -0.122. The lowest BCUT2D eigenvalue weighted by Crippen LogP contribution is -2.50. The summed E-state index contributed by atoms with van der Waals surface area (Å²) < 4.78 is 1.55. The molecule has 2 heterocycles. The van der Waals surface area contributed by atoms with Crippen molar-refractivity contribution in [2.24, 2.45) is 0 Å². The van der Waals surface area contributed by atoms with Crippen molar-refractivity contribution >= 4 is 17.5 Å². The summed E-state index contributed by atoms with van der Waals surface area (Å²) in [6.07, 6.45) is 8.05. The van der Waals surface area contributed by atoms with Crippen LogP contribution in [0.2, 0.25) is 0 Å². The van der Waals surface area contributed by atoms with Gasteiger partial charge in [0.15, 0.2) is 0 Å². The Bertz CT molecular complexity index is 558. The SMILES string of the molecule is CCC1(C(=O)Nc2cnn(CC(=O)NC3CC3)c2)CCCN1. The van der Waals surface area contributed by atoms with Crippen LogP contribution in [0.4, 0.5) is 5.69 Å². The summed E-state index contributed by atoms with van der Waals surface area (Å²) in [4.78, 5) is 24.2. The minimum atomic E-state index is -0.467. The quantitative estimate of drug-likeness (QED) is 0.719. The molecule has 7 heteroatoms. The molecule has 2 fully saturated rings. The van der Waals surface area contributed by atoms with Gasteiger partial charge in [0, 0.05) is 12.2 Å². The number of nitrogens with one attached hydrogen (secondary N) is 3. The van der Waals surface area contributed by atoms with Crippen molar-refractivity contribution in [1.82, 2.24) is 20.4 Å². The Kier molecular flexibility index (Phi) is 4.15. The third kappa shape index (κ3) is 3.30. The first-order chi connectivity index (χ1) is 10.6. The Morgan fingerprint density at radius 1 is 1.50 bits per heavy atom. The van der Waals surface area contributed by atoms with Crippen molar-refractivity contribution in [3.05, 3.63) is 12.4 Å². The molecule has 1 unspecified atom stereocenters. The summed E-state index contributed by atoms with van der Waals surface area (Å²) in [5, 5.41) is 13.3. The molecule has 120 valence electrons. The van der Waals surface area contributed by atoms with Crippen LogP contribution in [-0.2, 0) is 16.1 Å². The molecule has 2 aliphatic rings. The molecule has 1 aromatic rings. The standard InChI is InChI=1S/C15H23N5O2/c1-2-15(6-3-7-16-15)14(22)19-12-8-17-20(9-12)10-13(21)18-11-4-5-11/h8-9,11,16H,2-7,10H2,1H3,(H,18,21)(H,19,22). The van der Waals surface area contributed by atoms with Crippen molar-refractivity contribution in [3.63, 3.8) is 0 Å². The highest BCUT2D eigenvalue weighted by molar-refractivity contribution is 5.98. The molecular formula is C15H23N5O2. The zero-order valence-corrected chi connectivity index (χ0v) is 12.9. The molecule has 0 radical (unpaired) electrons. The van der Waals surface area contributed by atoms with Gasteiger partial charge in [-0.2, -0.15) is 5.10 Å². The van der Waals surface area contributed by atoms with Crippen LogP contribution < -0.4 is 16.0 Å². The summed E-state index contributed by atoms with van der Waals surface area (Å²) in [5.41, 5.74) is 0.164. The first kappa shape index (κ1) is 15.0. The number of rotatable bonds is 6. The molecule has 2 amide bonds. The third-order valence-corrected chi connectivity index (χ3v) is 4.42. The molecule has 3 rings (SSSR count). The van der Waals surface area contributed by atoms with E-state index in [-0.39, 0.29) is 18.4 Å². The van der Waals surface area contributed by atoms with E-state index in [1.807, 2.05) is 6.92 Å². The van der Waals surface area contributed by atoms with Gasteiger partial charge in [-0.25, -0.2) is 0 Å². The van der Waals surface area contributed by atoms with Gasteiger partial charge in [-0.3, -0.25) is 14.3 Å². The van der Waals surface area contributed by atoms with Gasteiger partial charge in [-0.05, 0) is 38.6 Å². The van der Waals surface area contributed by atoms with Crippen LogP contribution in [-0.4, -0.2) is 39.7 Å². The maximum atomic E-state index is 12.5. The Morgan fingerprint density at radius 2 is 2.32 bits per heavy atom. The van der Waals surface area contributed by atoms with E-state index < -0.39 is 5.54 Å². The molecule has 22 heavy (non-hydrogen) atoms. The molecule has 0 spiro atoms. The Balaban J connectivity index is 1.56. The van der Waals surface area contributed by atoms with Crippen molar-refractivity contribution in [3.8, 4) is 0 Å². The number of hydrogen-bond acceptors (Lipinski definition) is 4. The number of carbonyl (C=O) groups excluding carboxylic acids is 2. The first-order valence-corrected chi connectivity index (χ1v) is 7.99. The molecule has 3 N–H and O–H groups in total. The molecule has 1 aromatic heterocycles. The van der Waals surface area contributed by atoms with Crippen LogP contribution in [0.25, 0.3) is 0 Å². The van der Waals surface area contributed by atoms with Gasteiger partial charge in [0.2, 0.25) is 11.8 Å².